The van der Waals surface area contributed by atoms with Gasteiger partial charge >= 0.3 is 6.18 Å². The largest absolute Gasteiger partial charge is 0.416 e. The van der Waals surface area contributed by atoms with Crippen molar-refractivity contribution in [2.24, 2.45) is 0 Å². The topological polar surface area (TPSA) is 0 Å². The van der Waals surface area contributed by atoms with Crippen molar-refractivity contribution in [3.63, 3.8) is 0 Å². The van der Waals surface area contributed by atoms with Crippen LogP contribution in [-0.4, -0.2) is 6.26 Å². The van der Waals surface area contributed by atoms with Gasteiger partial charge in [0.1, 0.15) is 0 Å². The molecule has 0 heterocycles. The van der Waals surface area contributed by atoms with E-state index >= 15 is 0 Å². The fourth-order valence-corrected chi connectivity index (χ4v) is 1.97. The third-order valence-corrected chi connectivity index (χ3v) is 3.10. The van der Waals surface area contributed by atoms with Gasteiger partial charge in [0.05, 0.1) is 5.56 Å². The second-order valence-corrected chi connectivity index (χ2v) is 4.04. The van der Waals surface area contributed by atoms with Crippen LogP contribution in [0.2, 0.25) is 5.02 Å². The Morgan fingerprint density at radius 2 is 1.86 bits per heavy atom. The van der Waals surface area contributed by atoms with Gasteiger partial charge in [-0.15, -0.1) is 11.8 Å². The van der Waals surface area contributed by atoms with Crippen LogP contribution in [0.1, 0.15) is 11.1 Å². The minimum absolute atomic E-state index is 0.157. The molecular weight excluding hydrogens is 233 g/mol. The van der Waals surface area contributed by atoms with E-state index in [1.807, 2.05) is 0 Å². The number of benzene rings is 1. The maximum absolute atomic E-state index is 12.3. The van der Waals surface area contributed by atoms with E-state index in [0.29, 0.717) is 10.5 Å². The van der Waals surface area contributed by atoms with E-state index in [4.69, 9.17) is 11.6 Å². The smallest absolute Gasteiger partial charge is 0.166 e. The van der Waals surface area contributed by atoms with Gasteiger partial charge in [-0.3, -0.25) is 0 Å². The summed E-state index contributed by atoms with van der Waals surface area (Å²) < 4.78 is 37.0. The number of hydrogen-bond donors (Lipinski definition) is 0. The van der Waals surface area contributed by atoms with Crippen molar-refractivity contribution in [3.8, 4) is 0 Å². The van der Waals surface area contributed by atoms with Crippen molar-refractivity contribution >= 4 is 23.4 Å². The molecule has 0 nitrogen and oxygen atoms in total. The number of alkyl halides is 3. The Labute approximate surface area is 89.4 Å². The van der Waals surface area contributed by atoms with Gasteiger partial charge in [-0.2, -0.15) is 13.2 Å². The van der Waals surface area contributed by atoms with Gasteiger partial charge in [-0.1, -0.05) is 11.6 Å². The minimum Gasteiger partial charge on any atom is -0.166 e. The van der Waals surface area contributed by atoms with Crippen molar-refractivity contribution in [3.05, 3.63) is 28.3 Å². The lowest BCUT2D eigenvalue weighted by atomic mass is 10.1. The summed E-state index contributed by atoms with van der Waals surface area (Å²) in [6.45, 7) is 1.70. The Balaban J connectivity index is 3.30. The van der Waals surface area contributed by atoms with E-state index < -0.39 is 11.7 Å². The first kappa shape index (κ1) is 11.7. The molecule has 0 amide bonds. The molecule has 0 unspecified atom stereocenters. The van der Waals surface area contributed by atoms with Gasteiger partial charge < -0.3 is 0 Å². The van der Waals surface area contributed by atoms with Crippen LogP contribution < -0.4 is 0 Å². The van der Waals surface area contributed by atoms with E-state index in [0.717, 1.165) is 12.1 Å². The summed E-state index contributed by atoms with van der Waals surface area (Å²) in [5.41, 5.74) is -0.00961. The highest BCUT2D eigenvalue weighted by Crippen LogP contribution is 2.36. The summed E-state index contributed by atoms with van der Waals surface area (Å²) in [4.78, 5) is 0.560. The minimum atomic E-state index is -4.33. The Morgan fingerprint density at radius 3 is 2.29 bits per heavy atom. The van der Waals surface area contributed by atoms with Gasteiger partial charge in [-0.25, -0.2) is 0 Å². The highest BCUT2D eigenvalue weighted by molar-refractivity contribution is 7.98. The molecule has 0 N–H and O–H groups in total. The number of thioether (sulfide) groups is 1. The van der Waals surface area contributed by atoms with Crippen molar-refractivity contribution in [1.29, 1.82) is 0 Å². The molecule has 78 valence electrons. The van der Waals surface area contributed by atoms with Gasteiger partial charge in [-0.05, 0) is 30.9 Å². The molecule has 5 heteroatoms. The standard InChI is InChI=1S/C9H8ClF3S/c1-5-7(10)3-6(9(11,12)13)4-8(5)14-2/h3-4H,1-2H3. The van der Waals surface area contributed by atoms with Crippen LogP contribution in [0.15, 0.2) is 17.0 Å². The van der Waals surface area contributed by atoms with Crippen LogP contribution in [0.3, 0.4) is 0 Å². The van der Waals surface area contributed by atoms with Gasteiger partial charge in [0.2, 0.25) is 0 Å². The molecule has 0 spiro atoms. The van der Waals surface area contributed by atoms with Crippen LogP contribution in [0.5, 0.6) is 0 Å². The second-order valence-electron chi connectivity index (χ2n) is 2.78. The average molecular weight is 241 g/mol. The molecule has 14 heavy (non-hydrogen) atoms. The molecule has 1 aromatic carbocycles. The fourth-order valence-electron chi connectivity index (χ4n) is 1.03. The molecular formula is C9H8ClF3S. The Bertz CT molecular complexity index is 347. The summed E-state index contributed by atoms with van der Waals surface area (Å²) in [6.07, 6.45) is -2.61. The lowest BCUT2D eigenvalue weighted by molar-refractivity contribution is -0.137. The van der Waals surface area contributed by atoms with Gasteiger partial charge in [0.15, 0.2) is 0 Å². The highest BCUT2D eigenvalue weighted by Gasteiger charge is 2.31. The lowest BCUT2D eigenvalue weighted by Gasteiger charge is -2.11. The molecule has 0 aromatic heterocycles. The lowest BCUT2D eigenvalue weighted by Crippen LogP contribution is -2.05. The molecule has 0 aliphatic carbocycles. The first-order valence-corrected chi connectivity index (χ1v) is 5.38. The molecule has 0 fully saturated rings. The van der Waals surface area contributed by atoms with E-state index in [-0.39, 0.29) is 5.02 Å². The van der Waals surface area contributed by atoms with Crippen LogP contribution in [-0.2, 0) is 6.18 Å². The van der Waals surface area contributed by atoms with Crippen molar-refractivity contribution in [1.82, 2.24) is 0 Å². The number of hydrogen-bond acceptors (Lipinski definition) is 1. The maximum atomic E-state index is 12.3. The zero-order valence-corrected chi connectivity index (χ0v) is 9.15. The summed E-state index contributed by atoms with van der Waals surface area (Å²) in [5.74, 6) is 0. The first-order chi connectivity index (χ1) is 6.36. The summed E-state index contributed by atoms with van der Waals surface area (Å²) in [5, 5.41) is 0.157. The summed E-state index contributed by atoms with van der Waals surface area (Å²) in [6, 6.07) is 2.07. The van der Waals surface area contributed by atoms with Crippen LogP contribution in [0.25, 0.3) is 0 Å². The SMILES string of the molecule is CSc1cc(C(F)(F)F)cc(Cl)c1C. The Hall–Kier alpha value is -0.350. The molecule has 0 atom stereocenters. The molecule has 0 saturated carbocycles. The Kier molecular flexibility index (Phi) is 3.37. The second kappa shape index (κ2) is 4.03. The quantitative estimate of drug-likeness (QED) is 0.656. The predicted octanol–water partition coefficient (Wildman–Crippen LogP) is 4.39. The van der Waals surface area contributed by atoms with E-state index in [2.05, 4.69) is 0 Å². The van der Waals surface area contributed by atoms with E-state index in [1.165, 1.54) is 11.8 Å². The van der Waals surface area contributed by atoms with E-state index in [9.17, 15) is 13.2 Å². The van der Waals surface area contributed by atoms with Crippen molar-refractivity contribution in [2.45, 2.75) is 18.0 Å². The monoisotopic (exact) mass is 240 g/mol. The molecule has 1 rings (SSSR count). The molecule has 1 aromatic rings. The highest BCUT2D eigenvalue weighted by atomic mass is 35.5. The third-order valence-electron chi connectivity index (χ3n) is 1.84. The normalized spacial score (nSPS) is 11.9. The van der Waals surface area contributed by atoms with Crippen LogP contribution in [0.4, 0.5) is 13.2 Å². The van der Waals surface area contributed by atoms with Crippen LogP contribution in [0, 0.1) is 6.92 Å². The average Bonchev–Trinajstić information content (AvgIpc) is 2.07. The van der Waals surface area contributed by atoms with Crippen molar-refractivity contribution < 1.29 is 13.2 Å². The van der Waals surface area contributed by atoms with Crippen LogP contribution >= 0.6 is 23.4 Å². The molecule has 0 radical (unpaired) electrons. The van der Waals surface area contributed by atoms with E-state index in [1.54, 1.807) is 13.2 Å². The molecule has 0 aliphatic heterocycles. The summed E-state index contributed by atoms with van der Waals surface area (Å²) >= 11 is 6.95. The molecule has 0 bridgehead atoms. The van der Waals surface area contributed by atoms with Crippen molar-refractivity contribution in [2.75, 3.05) is 6.26 Å². The Morgan fingerprint density at radius 1 is 1.29 bits per heavy atom. The maximum Gasteiger partial charge on any atom is 0.416 e. The third kappa shape index (κ3) is 2.36. The number of halogens is 4. The molecule has 0 aliphatic rings. The first-order valence-electron chi connectivity index (χ1n) is 3.77. The number of rotatable bonds is 1. The summed E-state index contributed by atoms with van der Waals surface area (Å²) in [7, 11) is 0. The van der Waals surface area contributed by atoms with Gasteiger partial charge in [0, 0.05) is 9.92 Å². The zero-order chi connectivity index (χ0) is 10.9. The zero-order valence-electron chi connectivity index (χ0n) is 7.57. The molecule has 0 saturated heterocycles. The fraction of sp³-hybridized carbons (Fsp3) is 0.333. The van der Waals surface area contributed by atoms with Gasteiger partial charge in [0.25, 0.3) is 0 Å². The predicted molar refractivity (Wildman–Crippen MR) is 53.0 cm³/mol.